The van der Waals surface area contributed by atoms with Gasteiger partial charge in [0.15, 0.2) is 11.5 Å². The smallest absolute Gasteiger partial charge is 0.214 e. The van der Waals surface area contributed by atoms with Crippen molar-refractivity contribution in [2.24, 2.45) is 0 Å². The molecule has 0 radical (unpaired) electrons. The maximum Gasteiger partial charge on any atom is 0.214 e. The SMILES string of the molecule is COc1ccc(CN2CCN(c3cccc(F)n3)CC2)c(OC)c1OC. The molecule has 1 fully saturated rings. The van der Waals surface area contributed by atoms with Crippen LogP contribution in [0.3, 0.4) is 0 Å². The van der Waals surface area contributed by atoms with Gasteiger partial charge in [0.2, 0.25) is 11.7 Å². The lowest BCUT2D eigenvalue weighted by Crippen LogP contribution is -2.46. The highest BCUT2D eigenvalue weighted by Gasteiger charge is 2.22. The Morgan fingerprint density at radius 3 is 2.27 bits per heavy atom. The molecule has 0 unspecified atom stereocenters. The van der Waals surface area contributed by atoms with E-state index in [-0.39, 0.29) is 0 Å². The third kappa shape index (κ3) is 3.83. The number of methoxy groups -OCH3 is 3. The first-order valence-electron chi connectivity index (χ1n) is 8.54. The molecule has 0 bridgehead atoms. The fourth-order valence-electron chi connectivity index (χ4n) is 3.24. The second kappa shape index (κ2) is 8.23. The number of hydrogen-bond donors (Lipinski definition) is 0. The van der Waals surface area contributed by atoms with Gasteiger partial charge in [0.25, 0.3) is 0 Å². The summed E-state index contributed by atoms with van der Waals surface area (Å²) in [5.41, 5.74) is 1.04. The van der Waals surface area contributed by atoms with Gasteiger partial charge >= 0.3 is 0 Å². The Morgan fingerprint density at radius 2 is 1.65 bits per heavy atom. The largest absolute Gasteiger partial charge is 0.493 e. The number of hydrogen-bond acceptors (Lipinski definition) is 6. The number of halogens is 1. The lowest BCUT2D eigenvalue weighted by atomic mass is 10.1. The zero-order valence-corrected chi connectivity index (χ0v) is 15.4. The van der Waals surface area contributed by atoms with Gasteiger partial charge in [-0.25, -0.2) is 4.98 Å². The predicted octanol–water partition coefficient (Wildman–Crippen LogP) is 2.57. The van der Waals surface area contributed by atoms with Gasteiger partial charge in [-0.15, -0.1) is 0 Å². The van der Waals surface area contributed by atoms with Crippen molar-refractivity contribution in [1.82, 2.24) is 9.88 Å². The molecule has 3 rings (SSSR count). The van der Waals surface area contributed by atoms with Crippen molar-refractivity contribution in [3.05, 3.63) is 41.8 Å². The van der Waals surface area contributed by atoms with Crippen molar-refractivity contribution >= 4 is 5.82 Å². The van der Waals surface area contributed by atoms with Crippen molar-refractivity contribution in [2.45, 2.75) is 6.54 Å². The summed E-state index contributed by atoms with van der Waals surface area (Å²) < 4.78 is 29.7. The molecule has 0 N–H and O–H groups in total. The molecule has 6 nitrogen and oxygen atoms in total. The highest BCUT2D eigenvalue weighted by Crippen LogP contribution is 2.40. The Bertz CT molecular complexity index is 749. The number of aromatic nitrogens is 1. The number of anilines is 1. The molecule has 26 heavy (non-hydrogen) atoms. The molecule has 2 aromatic rings. The third-order valence-electron chi connectivity index (χ3n) is 4.58. The topological polar surface area (TPSA) is 47.1 Å². The van der Waals surface area contributed by atoms with E-state index in [9.17, 15) is 4.39 Å². The van der Waals surface area contributed by atoms with E-state index >= 15 is 0 Å². The van der Waals surface area contributed by atoms with Crippen molar-refractivity contribution in [3.63, 3.8) is 0 Å². The van der Waals surface area contributed by atoms with E-state index in [0.29, 0.717) is 23.1 Å². The minimum Gasteiger partial charge on any atom is -0.493 e. The van der Waals surface area contributed by atoms with Crippen LogP contribution in [0.25, 0.3) is 0 Å². The molecule has 0 amide bonds. The maximum atomic E-state index is 13.3. The molecule has 2 heterocycles. The molecule has 1 aromatic heterocycles. The monoisotopic (exact) mass is 361 g/mol. The molecule has 0 spiro atoms. The van der Waals surface area contributed by atoms with Crippen LogP contribution >= 0.6 is 0 Å². The Hall–Kier alpha value is -2.54. The summed E-state index contributed by atoms with van der Waals surface area (Å²) in [4.78, 5) is 8.40. The van der Waals surface area contributed by atoms with Crippen LogP contribution in [0.4, 0.5) is 10.2 Å². The predicted molar refractivity (Wildman–Crippen MR) is 97.8 cm³/mol. The maximum absolute atomic E-state index is 13.3. The first-order chi connectivity index (χ1) is 12.7. The van der Waals surface area contributed by atoms with Crippen molar-refractivity contribution in [3.8, 4) is 17.2 Å². The van der Waals surface area contributed by atoms with Gasteiger partial charge in [-0.1, -0.05) is 12.1 Å². The number of nitrogens with zero attached hydrogens (tertiary/aromatic N) is 3. The van der Waals surface area contributed by atoms with Gasteiger partial charge < -0.3 is 19.1 Å². The van der Waals surface area contributed by atoms with Crippen molar-refractivity contribution in [2.75, 3.05) is 52.4 Å². The van der Waals surface area contributed by atoms with Gasteiger partial charge in [0.1, 0.15) is 5.82 Å². The summed E-state index contributed by atoms with van der Waals surface area (Å²) in [5, 5.41) is 0. The number of benzene rings is 1. The molecule has 0 aliphatic carbocycles. The summed E-state index contributed by atoms with van der Waals surface area (Å²) >= 11 is 0. The van der Waals surface area contributed by atoms with Crippen LogP contribution in [0.5, 0.6) is 17.2 Å². The minimum atomic E-state index is -0.444. The highest BCUT2D eigenvalue weighted by molar-refractivity contribution is 5.55. The van der Waals surface area contributed by atoms with Gasteiger partial charge in [0.05, 0.1) is 21.3 Å². The summed E-state index contributed by atoms with van der Waals surface area (Å²) in [6.07, 6.45) is 0. The highest BCUT2D eigenvalue weighted by atomic mass is 19.1. The van der Waals surface area contributed by atoms with E-state index in [1.807, 2.05) is 18.2 Å². The summed E-state index contributed by atoms with van der Waals surface area (Å²) in [6, 6.07) is 8.79. The van der Waals surface area contributed by atoms with Crippen LogP contribution in [-0.4, -0.2) is 57.4 Å². The first-order valence-corrected chi connectivity index (χ1v) is 8.54. The van der Waals surface area contributed by atoms with Crippen molar-refractivity contribution in [1.29, 1.82) is 0 Å². The Kier molecular flexibility index (Phi) is 5.78. The molecular weight excluding hydrogens is 337 g/mol. The van der Waals surface area contributed by atoms with Crippen LogP contribution in [0, 0.1) is 5.95 Å². The van der Waals surface area contributed by atoms with Crippen molar-refractivity contribution < 1.29 is 18.6 Å². The van der Waals surface area contributed by atoms with Gasteiger partial charge in [-0.2, -0.15) is 4.39 Å². The van der Waals surface area contributed by atoms with E-state index in [1.54, 1.807) is 27.4 Å². The average Bonchev–Trinajstić information content (AvgIpc) is 2.68. The number of ether oxygens (including phenoxy) is 3. The van der Waals surface area contributed by atoms with Crippen LogP contribution in [0.15, 0.2) is 30.3 Å². The second-order valence-corrected chi connectivity index (χ2v) is 6.08. The third-order valence-corrected chi connectivity index (χ3v) is 4.58. The molecule has 140 valence electrons. The van der Waals surface area contributed by atoms with E-state index < -0.39 is 5.95 Å². The van der Waals surface area contributed by atoms with E-state index in [4.69, 9.17) is 14.2 Å². The lowest BCUT2D eigenvalue weighted by Gasteiger charge is -2.35. The first kappa shape index (κ1) is 18.3. The summed E-state index contributed by atoms with van der Waals surface area (Å²) in [6.45, 7) is 4.05. The number of piperazine rings is 1. The van der Waals surface area contributed by atoms with Crippen LogP contribution in [0.1, 0.15) is 5.56 Å². The Morgan fingerprint density at radius 1 is 0.923 bits per heavy atom. The van der Waals surface area contributed by atoms with E-state index in [0.717, 1.165) is 38.3 Å². The van der Waals surface area contributed by atoms with Gasteiger partial charge in [-0.3, -0.25) is 4.90 Å². The molecule has 1 aromatic carbocycles. The summed E-state index contributed by atoms with van der Waals surface area (Å²) in [5.74, 6) is 2.19. The molecule has 0 saturated carbocycles. The van der Waals surface area contributed by atoms with Crippen LogP contribution in [0.2, 0.25) is 0 Å². The lowest BCUT2D eigenvalue weighted by molar-refractivity contribution is 0.243. The normalized spacial score (nSPS) is 15.0. The fourth-order valence-corrected chi connectivity index (χ4v) is 3.24. The zero-order valence-electron chi connectivity index (χ0n) is 15.4. The standard InChI is InChI=1S/C19H24FN3O3/c1-24-15-8-7-14(18(25-2)19(15)26-3)13-22-9-11-23(12-10-22)17-6-4-5-16(20)21-17/h4-8H,9-13H2,1-3H3. The van der Waals surface area contributed by atoms with Gasteiger partial charge in [-0.05, 0) is 18.2 Å². The number of rotatable bonds is 6. The average molecular weight is 361 g/mol. The minimum absolute atomic E-state index is 0.444. The molecule has 1 saturated heterocycles. The quantitative estimate of drug-likeness (QED) is 0.737. The van der Waals surface area contributed by atoms with E-state index in [1.165, 1.54) is 6.07 Å². The Balaban J connectivity index is 1.68. The van der Waals surface area contributed by atoms with E-state index in [2.05, 4.69) is 14.8 Å². The van der Waals surface area contributed by atoms with Gasteiger partial charge in [0, 0.05) is 38.3 Å². The molecule has 0 atom stereocenters. The number of pyridine rings is 1. The Labute approximate surface area is 153 Å². The van der Waals surface area contributed by atoms with Crippen LogP contribution < -0.4 is 19.1 Å². The van der Waals surface area contributed by atoms with Crippen LogP contribution in [-0.2, 0) is 6.54 Å². The second-order valence-electron chi connectivity index (χ2n) is 6.08. The molecule has 7 heteroatoms. The summed E-state index contributed by atoms with van der Waals surface area (Å²) in [7, 11) is 4.85. The molecular formula is C19H24FN3O3. The molecule has 1 aliphatic heterocycles. The fraction of sp³-hybridized carbons (Fsp3) is 0.421. The zero-order chi connectivity index (χ0) is 18.5. The molecule has 1 aliphatic rings.